The Bertz CT molecular complexity index is 1080. The van der Waals surface area contributed by atoms with Gasteiger partial charge in [0.15, 0.2) is 12.1 Å². The van der Waals surface area contributed by atoms with E-state index in [2.05, 4.69) is 0 Å². The van der Waals surface area contributed by atoms with E-state index < -0.39 is 17.7 Å². The fourth-order valence-corrected chi connectivity index (χ4v) is 4.97. The van der Waals surface area contributed by atoms with Crippen LogP contribution in [0.3, 0.4) is 0 Å². The number of fused-ring (bicyclic) bond motifs is 3. The van der Waals surface area contributed by atoms with Crippen molar-refractivity contribution in [2.75, 3.05) is 13.7 Å². The average molecular weight is 424 g/mol. The lowest BCUT2D eigenvalue weighted by atomic mass is 9.77. The van der Waals surface area contributed by atoms with Crippen molar-refractivity contribution >= 4 is 11.6 Å². The molecule has 162 valence electrons. The molecule has 2 aromatic rings. The summed E-state index contributed by atoms with van der Waals surface area (Å²) in [5.74, 6) is -1.33. The third kappa shape index (κ3) is 3.03. The van der Waals surface area contributed by atoms with Crippen LogP contribution >= 0.6 is 0 Å². The minimum Gasteiger partial charge on any atom is -0.507 e. The highest BCUT2D eigenvalue weighted by atomic mass is 16.7. The van der Waals surface area contributed by atoms with Gasteiger partial charge in [-0.05, 0) is 44.6 Å². The molecule has 2 aliphatic carbocycles. The smallest absolute Gasteiger partial charge is 0.202 e. The third-order valence-electron chi connectivity index (χ3n) is 6.43. The maximum atomic E-state index is 13.4. The van der Waals surface area contributed by atoms with Crippen molar-refractivity contribution in [3.63, 3.8) is 0 Å². The molecule has 1 aliphatic heterocycles. The molecule has 7 nitrogen and oxygen atoms in total. The number of carbonyl (C=O) groups is 2. The van der Waals surface area contributed by atoms with E-state index in [4.69, 9.17) is 14.2 Å². The summed E-state index contributed by atoms with van der Waals surface area (Å²) in [6, 6.07) is 4.75. The third-order valence-corrected chi connectivity index (χ3v) is 6.43. The molecular formula is C24H24O7. The Balaban J connectivity index is 1.66. The summed E-state index contributed by atoms with van der Waals surface area (Å²) in [6.07, 6.45) is 3.66. The fourth-order valence-electron chi connectivity index (χ4n) is 4.97. The van der Waals surface area contributed by atoms with E-state index in [1.807, 2.05) is 0 Å². The van der Waals surface area contributed by atoms with Gasteiger partial charge < -0.3 is 24.4 Å². The van der Waals surface area contributed by atoms with Crippen LogP contribution in [0, 0.1) is 0 Å². The zero-order valence-electron chi connectivity index (χ0n) is 17.3. The first-order valence-electron chi connectivity index (χ1n) is 10.7. The van der Waals surface area contributed by atoms with Gasteiger partial charge >= 0.3 is 0 Å². The first kappa shape index (κ1) is 20.0. The molecule has 1 unspecified atom stereocenters. The Morgan fingerprint density at radius 2 is 1.77 bits per heavy atom. The number of ketones is 2. The molecule has 2 N–H and O–H groups in total. The van der Waals surface area contributed by atoms with Gasteiger partial charge in [-0.15, -0.1) is 0 Å². The molecule has 2 atom stereocenters. The van der Waals surface area contributed by atoms with Gasteiger partial charge in [0.05, 0.1) is 29.9 Å². The molecule has 31 heavy (non-hydrogen) atoms. The Hall–Kier alpha value is -2.90. The minimum atomic E-state index is -0.545. The molecule has 0 saturated carbocycles. The van der Waals surface area contributed by atoms with Crippen molar-refractivity contribution < 1.29 is 34.0 Å². The van der Waals surface area contributed by atoms with Gasteiger partial charge in [-0.1, -0.05) is 12.1 Å². The second kappa shape index (κ2) is 7.66. The van der Waals surface area contributed by atoms with Crippen LogP contribution in [0.4, 0.5) is 0 Å². The van der Waals surface area contributed by atoms with E-state index >= 15 is 0 Å². The number of methoxy groups -OCH3 is 1. The van der Waals surface area contributed by atoms with E-state index in [0.29, 0.717) is 30.6 Å². The average Bonchev–Trinajstić information content (AvgIpc) is 2.80. The number of ether oxygens (including phenoxy) is 3. The van der Waals surface area contributed by atoms with Gasteiger partial charge in [0.2, 0.25) is 5.78 Å². The van der Waals surface area contributed by atoms with E-state index in [-0.39, 0.29) is 45.8 Å². The largest absolute Gasteiger partial charge is 0.507 e. The van der Waals surface area contributed by atoms with E-state index in [1.54, 1.807) is 12.1 Å². The Morgan fingerprint density at radius 3 is 2.52 bits per heavy atom. The first-order chi connectivity index (χ1) is 15.0. The van der Waals surface area contributed by atoms with Gasteiger partial charge in [0, 0.05) is 23.3 Å². The van der Waals surface area contributed by atoms with Gasteiger partial charge in [0.25, 0.3) is 0 Å². The lowest BCUT2D eigenvalue weighted by molar-refractivity contribution is -0.192. The van der Waals surface area contributed by atoms with Crippen LogP contribution in [0.25, 0.3) is 0 Å². The van der Waals surface area contributed by atoms with Gasteiger partial charge in [-0.25, -0.2) is 0 Å². The molecule has 0 radical (unpaired) electrons. The second-order valence-electron chi connectivity index (χ2n) is 8.19. The highest BCUT2D eigenvalue weighted by Gasteiger charge is 2.41. The van der Waals surface area contributed by atoms with Crippen LogP contribution < -0.4 is 4.74 Å². The Kier molecular flexibility index (Phi) is 4.95. The molecule has 3 aliphatic rings. The second-order valence-corrected chi connectivity index (χ2v) is 8.19. The monoisotopic (exact) mass is 424 g/mol. The van der Waals surface area contributed by atoms with Crippen molar-refractivity contribution in [2.24, 2.45) is 0 Å². The van der Waals surface area contributed by atoms with E-state index in [9.17, 15) is 19.8 Å². The maximum Gasteiger partial charge on any atom is 0.202 e. The number of phenols is 2. The van der Waals surface area contributed by atoms with Crippen molar-refractivity contribution in [2.45, 2.75) is 50.9 Å². The number of hydrogen-bond donors (Lipinski definition) is 2. The SMILES string of the molecule is COc1cccc2c1C(=O)c1c(O)c3c(c(O)c1C2=O)CCC[C@H]3OC1CCCCO1. The molecular weight excluding hydrogens is 400 g/mol. The van der Waals surface area contributed by atoms with Crippen LogP contribution in [-0.4, -0.2) is 41.8 Å². The quantitative estimate of drug-likeness (QED) is 0.617. The molecule has 0 bridgehead atoms. The molecule has 2 aromatic carbocycles. The van der Waals surface area contributed by atoms with Gasteiger partial charge in [-0.2, -0.15) is 0 Å². The van der Waals surface area contributed by atoms with E-state index in [1.165, 1.54) is 13.2 Å². The van der Waals surface area contributed by atoms with E-state index in [0.717, 1.165) is 25.7 Å². The minimum absolute atomic E-state index is 0.0982. The maximum absolute atomic E-state index is 13.4. The van der Waals surface area contributed by atoms with Crippen LogP contribution in [-0.2, 0) is 15.9 Å². The Morgan fingerprint density at radius 1 is 0.968 bits per heavy atom. The number of aromatic hydroxyl groups is 2. The summed E-state index contributed by atoms with van der Waals surface area (Å²) in [6.45, 7) is 0.620. The lowest BCUT2D eigenvalue weighted by Crippen LogP contribution is -2.28. The molecule has 0 amide bonds. The predicted molar refractivity (Wildman–Crippen MR) is 110 cm³/mol. The molecule has 1 fully saturated rings. The summed E-state index contributed by atoms with van der Waals surface area (Å²) >= 11 is 0. The standard InChI is InChI=1S/C24H24O7/c1-29-14-8-4-6-12-17(14)23(27)20-19(21(12)25)22(26)13-7-5-9-15(18(13)24(20)28)31-16-10-2-3-11-30-16/h4,6,8,15-16,26,28H,2-3,5,7,9-11H2,1H3/t15-,16?/m1/s1. The number of benzene rings is 2. The van der Waals surface area contributed by atoms with Crippen LogP contribution in [0.15, 0.2) is 18.2 Å². The van der Waals surface area contributed by atoms with Crippen molar-refractivity contribution in [1.82, 2.24) is 0 Å². The highest BCUT2D eigenvalue weighted by Crippen LogP contribution is 2.50. The lowest BCUT2D eigenvalue weighted by Gasteiger charge is -2.34. The zero-order valence-corrected chi connectivity index (χ0v) is 17.3. The molecule has 1 saturated heterocycles. The highest BCUT2D eigenvalue weighted by molar-refractivity contribution is 6.31. The summed E-state index contributed by atoms with van der Waals surface area (Å²) in [7, 11) is 1.42. The normalized spacial score (nSPS) is 22.5. The van der Waals surface area contributed by atoms with Crippen molar-refractivity contribution in [3.8, 4) is 17.2 Å². The zero-order chi connectivity index (χ0) is 21.7. The molecule has 1 heterocycles. The number of carbonyl (C=O) groups excluding carboxylic acids is 2. The molecule has 0 spiro atoms. The van der Waals surface area contributed by atoms with Crippen molar-refractivity contribution in [1.29, 1.82) is 0 Å². The van der Waals surface area contributed by atoms with Crippen LogP contribution in [0.1, 0.15) is 81.2 Å². The van der Waals surface area contributed by atoms with Gasteiger partial charge in [-0.3, -0.25) is 9.59 Å². The first-order valence-corrected chi connectivity index (χ1v) is 10.7. The predicted octanol–water partition coefficient (Wildman–Crippen LogP) is 3.80. The van der Waals surface area contributed by atoms with Crippen LogP contribution in [0.5, 0.6) is 17.2 Å². The number of phenolic OH excluding ortho intramolecular Hbond substituents is 2. The van der Waals surface area contributed by atoms with Gasteiger partial charge in [0.1, 0.15) is 17.2 Å². The molecule has 7 heteroatoms. The number of rotatable bonds is 3. The molecule has 5 rings (SSSR count). The summed E-state index contributed by atoms with van der Waals surface area (Å²) < 4.78 is 17.1. The fraction of sp³-hybridized carbons (Fsp3) is 0.417. The number of hydrogen-bond acceptors (Lipinski definition) is 7. The summed E-state index contributed by atoms with van der Waals surface area (Å²) in [5.41, 5.74) is 0.786. The Labute approximate surface area is 179 Å². The topological polar surface area (TPSA) is 102 Å². The molecule has 0 aromatic heterocycles. The summed E-state index contributed by atoms with van der Waals surface area (Å²) in [4.78, 5) is 26.7. The van der Waals surface area contributed by atoms with Crippen molar-refractivity contribution in [3.05, 3.63) is 51.6 Å². The summed E-state index contributed by atoms with van der Waals surface area (Å²) in [5, 5.41) is 22.3. The van der Waals surface area contributed by atoms with Crippen LogP contribution in [0.2, 0.25) is 0 Å².